The molecule has 0 spiro atoms. The van der Waals surface area contributed by atoms with Crippen LogP contribution in [0.25, 0.3) is 0 Å². The molecule has 0 saturated carbocycles. The van der Waals surface area contributed by atoms with Crippen LogP contribution in [-0.2, 0) is 14.4 Å². The van der Waals surface area contributed by atoms with E-state index in [1.807, 2.05) is 0 Å². The molecule has 0 heterocycles. The first-order valence-corrected chi connectivity index (χ1v) is 12.0. The van der Waals surface area contributed by atoms with Gasteiger partial charge < -0.3 is 15.5 Å². The molecule has 0 aliphatic carbocycles. The van der Waals surface area contributed by atoms with Crippen molar-refractivity contribution < 1.29 is 24.6 Å². The summed E-state index contributed by atoms with van der Waals surface area (Å²) in [6.07, 6.45) is 20.9. The lowest BCUT2D eigenvalue weighted by atomic mass is 10.1. The van der Waals surface area contributed by atoms with Gasteiger partial charge in [-0.3, -0.25) is 19.3 Å². The van der Waals surface area contributed by atoms with Gasteiger partial charge in [-0.25, -0.2) is 0 Å². The van der Waals surface area contributed by atoms with Crippen LogP contribution >= 0.6 is 0 Å². The highest BCUT2D eigenvalue weighted by Gasteiger charge is 2.13. The number of unbranched alkanes of at least 4 members (excludes halogenated alkanes) is 11. The van der Waals surface area contributed by atoms with Crippen LogP contribution in [0.5, 0.6) is 0 Å². The quantitative estimate of drug-likeness (QED) is 0.168. The van der Waals surface area contributed by atoms with E-state index in [9.17, 15) is 14.4 Å². The van der Waals surface area contributed by atoms with Crippen LogP contribution in [0.4, 0.5) is 0 Å². The number of aliphatic carboxylic acids is 2. The molecule has 0 unspecified atom stereocenters. The van der Waals surface area contributed by atoms with Gasteiger partial charge in [-0.05, 0) is 32.1 Å². The van der Waals surface area contributed by atoms with E-state index in [1.165, 1.54) is 62.7 Å². The van der Waals surface area contributed by atoms with Crippen LogP contribution < -0.4 is 5.32 Å². The van der Waals surface area contributed by atoms with Gasteiger partial charge in [0.1, 0.15) is 0 Å². The first kappa shape index (κ1) is 29.1. The fourth-order valence-corrected chi connectivity index (χ4v) is 3.39. The predicted molar refractivity (Wildman–Crippen MR) is 124 cm³/mol. The van der Waals surface area contributed by atoms with Crippen molar-refractivity contribution in [2.24, 2.45) is 0 Å². The van der Waals surface area contributed by atoms with Gasteiger partial charge in [-0.1, -0.05) is 70.4 Å². The van der Waals surface area contributed by atoms with E-state index >= 15 is 0 Å². The zero-order valence-electron chi connectivity index (χ0n) is 19.4. The number of carboxylic acid groups (broad SMARTS) is 2. The molecule has 0 aromatic rings. The zero-order chi connectivity index (χ0) is 23.2. The molecular weight excluding hydrogens is 396 g/mol. The lowest BCUT2D eigenvalue weighted by Crippen LogP contribution is -2.40. The minimum absolute atomic E-state index is 0.0665. The minimum atomic E-state index is -1.08. The van der Waals surface area contributed by atoms with Crippen molar-refractivity contribution in [3.8, 4) is 0 Å². The number of allylic oxidation sites excluding steroid dienone is 2. The lowest BCUT2D eigenvalue weighted by Gasteiger charge is -2.17. The Kier molecular flexibility index (Phi) is 20.0. The lowest BCUT2D eigenvalue weighted by molar-refractivity contribution is -0.141. The maximum Gasteiger partial charge on any atom is 0.317 e. The molecule has 180 valence electrons. The fraction of sp³-hybridized carbons (Fsp3) is 0.792. The average molecular weight is 441 g/mol. The van der Waals surface area contributed by atoms with E-state index < -0.39 is 11.9 Å². The van der Waals surface area contributed by atoms with Crippen molar-refractivity contribution in [3.05, 3.63) is 12.2 Å². The van der Waals surface area contributed by atoms with Crippen molar-refractivity contribution in [2.45, 2.75) is 96.8 Å². The summed E-state index contributed by atoms with van der Waals surface area (Å²) >= 11 is 0. The Hall–Kier alpha value is -1.89. The second-order valence-electron chi connectivity index (χ2n) is 8.18. The predicted octanol–water partition coefficient (Wildman–Crippen LogP) is 4.61. The highest BCUT2D eigenvalue weighted by atomic mass is 16.4. The number of rotatable bonds is 22. The molecule has 0 aromatic carbocycles. The summed E-state index contributed by atoms with van der Waals surface area (Å²) in [7, 11) is 0. The summed E-state index contributed by atoms with van der Waals surface area (Å²) in [5.74, 6) is -2.23. The topological polar surface area (TPSA) is 107 Å². The number of hydrogen-bond acceptors (Lipinski definition) is 4. The van der Waals surface area contributed by atoms with Gasteiger partial charge in [0.25, 0.3) is 0 Å². The van der Waals surface area contributed by atoms with Crippen molar-refractivity contribution >= 4 is 17.8 Å². The highest BCUT2D eigenvalue weighted by Crippen LogP contribution is 2.09. The molecule has 0 bridgehead atoms. The number of carbonyl (C=O) groups is 3. The van der Waals surface area contributed by atoms with Crippen LogP contribution in [0.3, 0.4) is 0 Å². The summed E-state index contributed by atoms with van der Waals surface area (Å²) in [6, 6.07) is 0. The van der Waals surface area contributed by atoms with Gasteiger partial charge in [0.15, 0.2) is 0 Å². The van der Waals surface area contributed by atoms with Crippen LogP contribution in [0.1, 0.15) is 96.8 Å². The Morgan fingerprint density at radius 2 is 1.23 bits per heavy atom. The maximum atomic E-state index is 11.8. The number of nitrogens with one attached hydrogen (secondary N) is 1. The van der Waals surface area contributed by atoms with Crippen molar-refractivity contribution in [1.29, 1.82) is 0 Å². The molecular formula is C24H44N2O5. The van der Waals surface area contributed by atoms with Crippen molar-refractivity contribution in [2.75, 3.05) is 26.2 Å². The second-order valence-corrected chi connectivity index (χ2v) is 8.18. The summed E-state index contributed by atoms with van der Waals surface area (Å²) in [5, 5.41) is 20.3. The van der Waals surface area contributed by atoms with E-state index in [0.29, 0.717) is 6.42 Å². The van der Waals surface area contributed by atoms with Gasteiger partial charge in [-0.15, -0.1) is 0 Å². The monoisotopic (exact) mass is 440 g/mol. The molecule has 0 fully saturated rings. The second kappa shape index (κ2) is 21.3. The molecule has 3 N–H and O–H groups in total. The Bertz CT molecular complexity index is 492. The Morgan fingerprint density at radius 3 is 1.74 bits per heavy atom. The Balaban J connectivity index is 3.52. The maximum absolute atomic E-state index is 11.8. The first-order valence-electron chi connectivity index (χ1n) is 12.0. The van der Waals surface area contributed by atoms with E-state index in [4.69, 9.17) is 10.2 Å². The SMILES string of the molecule is CCCCCCCC/C=C\CCCCCCCC(=O)NCCN(CC(=O)O)CC(=O)O. The van der Waals surface area contributed by atoms with Gasteiger partial charge >= 0.3 is 11.9 Å². The molecule has 7 heteroatoms. The van der Waals surface area contributed by atoms with E-state index in [1.54, 1.807) is 0 Å². The van der Waals surface area contributed by atoms with Gasteiger partial charge in [0.2, 0.25) is 5.91 Å². The van der Waals surface area contributed by atoms with Crippen molar-refractivity contribution in [3.63, 3.8) is 0 Å². The largest absolute Gasteiger partial charge is 0.480 e. The average Bonchev–Trinajstić information content (AvgIpc) is 2.70. The third-order valence-electron chi connectivity index (χ3n) is 5.13. The summed E-state index contributed by atoms with van der Waals surface area (Å²) in [5.41, 5.74) is 0. The molecule has 31 heavy (non-hydrogen) atoms. The molecule has 0 atom stereocenters. The molecule has 1 amide bonds. The van der Waals surface area contributed by atoms with Crippen LogP contribution in [-0.4, -0.2) is 59.1 Å². The smallest absolute Gasteiger partial charge is 0.317 e. The number of carbonyl (C=O) groups excluding carboxylic acids is 1. The molecule has 0 aliphatic heterocycles. The summed E-state index contributed by atoms with van der Waals surface area (Å²) in [6.45, 7) is 2.00. The molecule has 0 saturated heterocycles. The fourth-order valence-electron chi connectivity index (χ4n) is 3.39. The normalized spacial score (nSPS) is 11.3. The number of hydrogen-bond donors (Lipinski definition) is 3. The number of carboxylic acids is 2. The van der Waals surface area contributed by atoms with Crippen molar-refractivity contribution in [1.82, 2.24) is 10.2 Å². The van der Waals surface area contributed by atoms with Gasteiger partial charge in [0.05, 0.1) is 13.1 Å². The zero-order valence-corrected chi connectivity index (χ0v) is 19.4. The van der Waals surface area contributed by atoms with Gasteiger partial charge in [0, 0.05) is 19.5 Å². The van der Waals surface area contributed by atoms with E-state index in [-0.39, 0.29) is 32.1 Å². The molecule has 0 radical (unpaired) electrons. The van der Waals surface area contributed by atoms with Crippen LogP contribution in [0.15, 0.2) is 12.2 Å². The highest BCUT2D eigenvalue weighted by molar-refractivity contribution is 5.76. The Labute approximate surface area is 188 Å². The van der Waals surface area contributed by atoms with E-state index in [0.717, 1.165) is 25.7 Å². The summed E-state index contributed by atoms with van der Waals surface area (Å²) in [4.78, 5) is 34.6. The third kappa shape index (κ3) is 22.6. The van der Waals surface area contributed by atoms with Crippen LogP contribution in [0, 0.1) is 0 Å². The molecule has 0 aliphatic rings. The summed E-state index contributed by atoms with van der Waals surface area (Å²) < 4.78 is 0. The van der Waals surface area contributed by atoms with Crippen LogP contribution in [0.2, 0.25) is 0 Å². The standard InChI is InChI=1S/C24H44N2O5/c1-2-3-4-5-6-7-8-9-10-11-12-13-14-15-16-17-22(27)25-18-19-26(20-23(28)29)21-24(30)31/h9-10H,2-8,11-21H2,1H3,(H,25,27)(H,28,29)(H,30,31)/b10-9-. The third-order valence-corrected chi connectivity index (χ3v) is 5.13. The van der Waals surface area contributed by atoms with E-state index in [2.05, 4.69) is 24.4 Å². The Morgan fingerprint density at radius 1 is 0.742 bits per heavy atom. The molecule has 0 aromatic heterocycles. The molecule has 7 nitrogen and oxygen atoms in total. The minimum Gasteiger partial charge on any atom is -0.480 e. The van der Waals surface area contributed by atoms with Gasteiger partial charge in [-0.2, -0.15) is 0 Å². The number of nitrogens with zero attached hydrogens (tertiary/aromatic N) is 1. The number of amides is 1. The first-order chi connectivity index (χ1) is 15.0. The molecule has 0 rings (SSSR count).